The third-order valence-corrected chi connectivity index (χ3v) is 6.88. The Morgan fingerprint density at radius 1 is 1.23 bits per heavy atom. The van der Waals surface area contributed by atoms with E-state index in [-0.39, 0.29) is 17.8 Å². The molecule has 0 radical (unpaired) electrons. The molecule has 2 N–H and O–H groups in total. The fourth-order valence-corrected chi connectivity index (χ4v) is 4.75. The fourth-order valence-electron chi connectivity index (χ4n) is 4.75. The first-order chi connectivity index (χ1) is 16.5. The quantitative estimate of drug-likeness (QED) is 0.497. The van der Waals surface area contributed by atoms with Gasteiger partial charge in [-0.1, -0.05) is 24.6 Å². The molecule has 0 spiro atoms. The van der Waals surface area contributed by atoms with Gasteiger partial charge in [0.1, 0.15) is 18.0 Å². The van der Waals surface area contributed by atoms with Crippen molar-refractivity contribution in [3.63, 3.8) is 0 Å². The SMILES string of the molecule is COc1cc2c(cc1/C=C1/NC(=O)N(CC(=O)Nc3ccc(C)cc3)C1=O)C(C)CC(C)(C)N2C. The Bertz CT molecular complexity index is 1220. The lowest BCUT2D eigenvalue weighted by atomic mass is 9.80. The molecule has 1 saturated heterocycles. The maximum atomic E-state index is 13.0. The van der Waals surface area contributed by atoms with Crippen LogP contribution in [-0.4, -0.2) is 49.0 Å². The molecule has 1 fully saturated rings. The summed E-state index contributed by atoms with van der Waals surface area (Å²) in [6.45, 7) is 8.18. The van der Waals surface area contributed by atoms with Gasteiger partial charge in [0.05, 0.1) is 7.11 Å². The maximum Gasteiger partial charge on any atom is 0.329 e. The molecular weight excluding hydrogens is 444 g/mol. The second kappa shape index (κ2) is 9.09. The second-order valence-electron chi connectivity index (χ2n) is 9.92. The number of carbonyl (C=O) groups is 3. The molecule has 8 nitrogen and oxygen atoms in total. The molecule has 35 heavy (non-hydrogen) atoms. The number of benzene rings is 2. The number of aryl methyl sites for hydroxylation is 1. The summed E-state index contributed by atoms with van der Waals surface area (Å²) in [4.78, 5) is 41.1. The van der Waals surface area contributed by atoms with Crippen molar-refractivity contribution in [2.45, 2.75) is 45.6 Å². The number of urea groups is 1. The molecule has 4 rings (SSSR count). The summed E-state index contributed by atoms with van der Waals surface area (Å²) in [5, 5.41) is 5.31. The van der Waals surface area contributed by atoms with Crippen LogP contribution in [0.5, 0.6) is 5.75 Å². The number of nitrogens with zero attached hydrogens (tertiary/aromatic N) is 2. The highest BCUT2D eigenvalue weighted by Gasteiger charge is 2.37. The van der Waals surface area contributed by atoms with E-state index >= 15 is 0 Å². The van der Waals surface area contributed by atoms with Crippen molar-refractivity contribution in [3.05, 3.63) is 58.8 Å². The van der Waals surface area contributed by atoms with Crippen molar-refractivity contribution in [2.75, 3.05) is 30.9 Å². The van der Waals surface area contributed by atoms with Crippen LogP contribution in [0.4, 0.5) is 16.2 Å². The minimum atomic E-state index is -0.632. The number of rotatable bonds is 5. The van der Waals surface area contributed by atoms with E-state index in [1.54, 1.807) is 25.3 Å². The van der Waals surface area contributed by atoms with Crippen molar-refractivity contribution in [2.24, 2.45) is 0 Å². The Kier molecular flexibility index (Phi) is 6.32. The lowest BCUT2D eigenvalue weighted by Crippen LogP contribution is -2.45. The van der Waals surface area contributed by atoms with E-state index in [0.717, 1.165) is 28.1 Å². The molecule has 2 aromatic carbocycles. The van der Waals surface area contributed by atoms with E-state index in [4.69, 9.17) is 4.74 Å². The van der Waals surface area contributed by atoms with E-state index in [2.05, 4.69) is 43.4 Å². The van der Waals surface area contributed by atoms with Gasteiger partial charge in [-0.25, -0.2) is 9.69 Å². The monoisotopic (exact) mass is 476 g/mol. The summed E-state index contributed by atoms with van der Waals surface area (Å²) in [5.74, 6) is -0.0923. The third-order valence-electron chi connectivity index (χ3n) is 6.88. The van der Waals surface area contributed by atoms with E-state index in [1.165, 1.54) is 0 Å². The largest absolute Gasteiger partial charge is 0.496 e. The number of ether oxygens (including phenoxy) is 1. The number of carbonyl (C=O) groups excluding carboxylic acids is 3. The van der Waals surface area contributed by atoms with Crippen molar-refractivity contribution in [3.8, 4) is 5.75 Å². The van der Waals surface area contributed by atoms with Crippen molar-refractivity contribution in [1.82, 2.24) is 10.2 Å². The molecule has 2 heterocycles. The molecule has 0 aromatic heterocycles. The van der Waals surface area contributed by atoms with E-state index in [1.807, 2.05) is 31.2 Å². The lowest BCUT2D eigenvalue weighted by Gasteiger charge is -2.45. The Morgan fingerprint density at radius 3 is 2.57 bits per heavy atom. The molecule has 184 valence electrons. The van der Waals surface area contributed by atoms with Crippen LogP contribution in [0.2, 0.25) is 0 Å². The molecule has 1 unspecified atom stereocenters. The standard InChI is InChI=1S/C27H32N4O4/c1-16-7-9-19(10-8-16)28-24(32)15-31-25(33)21(29-26(31)34)12-18-11-20-17(2)14-27(3,4)30(5)22(20)13-23(18)35-6/h7-13,17H,14-15H2,1-6H3,(H,28,32)(H,29,34)/b21-12+. The Labute approximate surface area is 205 Å². The minimum absolute atomic E-state index is 0.00640. The Morgan fingerprint density at radius 2 is 1.91 bits per heavy atom. The number of hydrogen-bond acceptors (Lipinski definition) is 5. The van der Waals surface area contributed by atoms with Gasteiger partial charge in [0, 0.05) is 35.6 Å². The Balaban J connectivity index is 1.57. The van der Waals surface area contributed by atoms with E-state index < -0.39 is 17.8 Å². The van der Waals surface area contributed by atoms with Crippen LogP contribution in [-0.2, 0) is 9.59 Å². The number of nitrogens with one attached hydrogen (secondary N) is 2. The highest BCUT2D eigenvalue weighted by Crippen LogP contribution is 2.45. The Hall–Kier alpha value is -3.81. The van der Waals surface area contributed by atoms with Crippen LogP contribution in [0.25, 0.3) is 6.08 Å². The number of methoxy groups -OCH3 is 1. The minimum Gasteiger partial charge on any atom is -0.496 e. The van der Waals surface area contributed by atoms with Gasteiger partial charge in [0.2, 0.25) is 5.91 Å². The molecule has 0 bridgehead atoms. The molecular formula is C27H32N4O4. The average Bonchev–Trinajstić information content (AvgIpc) is 3.06. The average molecular weight is 477 g/mol. The highest BCUT2D eigenvalue weighted by molar-refractivity contribution is 6.16. The first-order valence-corrected chi connectivity index (χ1v) is 11.7. The van der Waals surface area contributed by atoms with Gasteiger partial charge in [0.15, 0.2) is 0 Å². The summed E-state index contributed by atoms with van der Waals surface area (Å²) in [6, 6.07) is 10.6. The zero-order chi connectivity index (χ0) is 25.5. The van der Waals surface area contributed by atoms with Gasteiger partial charge in [-0.05, 0) is 62.9 Å². The van der Waals surface area contributed by atoms with Crippen molar-refractivity contribution < 1.29 is 19.1 Å². The number of amides is 4. The topological polar surface area (TPSA) is 91.0 Å². The van der Waals surface area contributed by atoms with E-state index in [9.17, 15) is 14.4 Å². The van der Waals surface area contributed by atoms with Crippen LogP contribution in [0.1, 0.15) is 49.8 Å². The van der Waals surface area contributed by atoms with Gasteiger partial charge >= 0.3 is 6.03 Å². The molecule has 2 aromatic rings. The summed E-state index contributed by atoms with van der Waals surface area (Å²) < 4.78 is 5.63. The van der Waals surface area contributed by atoms with Crippen LogP contribution >= 0.6 is 0 Å². The van der Waals surface area contributed by atoms with Crippen LogP contribution < -0.4 is 20.3 Å². The third kappa shape index (κ3) is 4.73. The number of imide groups is 1. The number of hydrogen-bond donors (Lipinski definition) is 2. The van der Waals surface area contributed by atoms with Crippen molar-refractivity contribution in [1.29, 1.82) is 0 Å². The number of anilines is 2. The summed E-state index contributed by atoms with van der Waals surface area (Å²) in [7, 11) is 3.65. The van der Waals surface area contributed by atoms with Gasteiger partial charge < -0.3 is 20.3 Å². The predicted molar refractivity (Wildman–Crippen MR) is 137 cm³/mol. The van der Waals surface area contributed by atoms with Gasteiger partial charge in [-0.15, -0.1) is 0 Å². The molecule has 4 amide bonds. The molecule has 2 aliphatic rings. The molecule has 1 atom stereocenters. The maximum absolute atomic E-state index is 13.0. The number of fused-ring (bicyclic) bond motifs is 1. The molecule has 0 saturated carbocycles. The second-order valence-corrected chi connectivity index (χ2v) is 9.92. The molecule has 2 aliphatic heterocycles. The van der Waals surface area contributed by atoms with E-state index in [0.29, 0.717) is 22.9 Å². The highest BCUT2D eigenvalue weighted by atomic mass is 16.5. The predicted octanol–water partition coefficient (Wildman–Crippen LogP) is 4.26. The fraction of sp³-hybridized carbons (Fsp3) is 0.370. The summed E-state index contributed by atoms with van der Waals surface area (Å²) in [5.41, 5.74) is 4.72. The summed E-state index contributed by atoms with van der Waals surface area (Å²) in [6.07, 6.45) is 2.60. The van der Waals surface area contributed by atoms with Crippen LogP contribution in [0.3, 0.4) is 0 Å². The first kappa shape index (κ1) is 24.3. The summed E-state index contributed by atoms with van der Waals surface area (Å²) >= 11 is 0. The zero-order valence-electron chi connectivity index (χ0n) is 21.1. The van der Waals surface area contributed by atoms with Gasteiger partial charge in [-0.3, -0.25) is 9.59 Å². The van der Waals surface area contributed by atoms with Gasteiger partial charge in [0.25, 0.3) is 5.91 Å². The smallest absolute Gasteiger partial charge is 0.329 e. The normalized spacial score (nSPS) is 20.1. The molecule has 8 heteroatoms. The van der Waals surface area contributed by atoms with Crippen LogP contribution in [0, 0.1) is 6.92 Å². The lowest BCUT2D eigenvalue weighted by molar-refractivity contribution is -0.127. The van der Waals surface area contributed by atoms with Crippen molar-refractivity contribution >= 4 is 35.3 Å². The first-order valence-electron chi connectivity index (χ1n) is 11.7. The molecule has 0 aliphatic carbocycles. The van der Waals surface area contributed by atoms with Gasteiger partial charge in [-0.2, -0.15) is 0 Å². The van der Waals surface area contributed by atoms with Crippen LogP contribution in [0.15, 0.2) is 42.1 Å². The zero-order valence-corrected chi connectivity index (χ0v) is 21.1.